The molecule has 2 rings (SSSR count). The summed E-state index contributed by atoms with van der Waals surface area (Å²) in [6.45, 7) is 0.505. The quantitative estimate of drug-likeness (QED) is 0.708. The summed E-state index contributed by atoms with van der Waals surface area (Å²) in [5.74, 6) is 0.0694. The number of hydrogen-bond donors (Lipinski definition) is 1. The van der Waals surface area contributed by atoms with Crippen LogP contribution in [0.5, 0.6) is 5.75 Å². The smallest absolute Gasteiger partial charge is 0.221 e. The Morgan fingerprint density at radius 1 is 1.07 bits per heavy atom. The Balaban J connectivity index is 1.89. The lowest BCUT2D eigenvalue weighted by Crippen LogP contribution is -2.34. The van der Waals surface area contributed by atoms with E-state index in [1.807, 2.05) is 0 Å². The summed E-state index contributed by atoms with van der Waals surface area (Å²) in [6.07, 6.45) is 1.15. The van der Waals surface area contributed by atoms with Crippen molar-refractivity contribution in [2.75, 3.05) is 19.9 Å². The van der Waals surface area contributed by atoms with Crippen LogP contribution in [0.15, 0.2) is 48.5 Å². The maximum absolute atomic E-state index is 12.9. The Hall–Kier alpha value is -2.45. The molecule has 1 N–H and O–H groups in total. The van der Waals surface area contributed by atoms with Crippen LogP contribution in [0.25, 0.3) is 0 Å². The molecule has 0 unspecified atom stereocenters. The number of halogens is 1. The van der Waals surface area contributed by atoms with E-state index in [0.29, 0.717) is 5.75 Å². The van der Waals surface area contributed by atoms with Gasteiger partial charge in [0.2, 0.25) is 15.9 Å². The topological polar surface area (TPSA) is 75.7 Å². The number of amides is 1. The van der Waals surface area contributed by atoms with E-state index < -0.39 is 10.0 Å². The van der Waals surface area contributed by atoms with Gasteiger partial charge in [0, 0.05) is 26.1 Å². The number of nitrogens with one attached hydrogen (secondary N) is 1. The van der Waals surface area contributed by atoms with Crippen molar-refractivity contribution in [2.24, 2.45) is 0 Å². The minimum atomic E-state index is -3.47. The maximum atomic E-state index is 12.9. The third-order valence-electron chi connectivity index (χ3n) is 3.98. The Labute approximate surface area is 159 Å². The van der Waals surface area contributed by atoms with Crippen LogP contribution < -0.4 is 10.1 Å². The van der Waals surface area contributed by atoms with Crippen LogP contribution in [-0.4, -0.2) is 38.5 Å². The van der Waals surface area contributed by atoms with E-state index in [-0.39, 0.29) is 37.8 Å². The van der Waals surface area contributed by atoms with E-state index in [2.05, 4.69) is 5.32 Å². The molecule has 8 heteroatoms. The molecular weight excluding hydrogens is 371 g/mol. The van der Waals surface area contributed by atoms with Crippen molar-refractivity contribution in [3.8, 4) is 5.75 Å². The molecule has 0 saturated carbocycles. The fourth-order valence-electron chi connectivity index (χ4n) is 2.41. The van der Waals surface area contributed by atoms with E-state index in [1.54, 1.807) is 43.5 Å². The first kappa shape index (κ1) is 20.9. The predicted octanol–water partition coefficient (Wildman–Crippen LogP) is 2.30. The summed E-state index contributed by atoms with van der Waals surface area (Å²) >= 11 is 0. The summed E-state index contributed by atoms with van der Waals surface area (Å²) in [6, 6.07) is 12.9. The van der Waals surface area contributed by atoms with Crippen LogP contribution in [0, 0.1) is 5.82 Å². The third-order valence-corrected chi connectivity index (χ3v) is 5.23. The standard InChI is InChI=1S/C19H23FN2O4S/c1-26-18-9-5-16(6-10-18)14-22(27(2,24)25)12-11-19(23)21-13-15-3-7-17(20)8-4-15/h3-10H,11-14H2,1-2H3,(H,21,23). The molecule has 0 atom stereocenters. The number of carbonyl (C=O) groups excluding carboxylic acids is 1. The Morgan fingerprint density at radius 2 is 1.67 bits per heavy atom. The number of hydrogen-bond acceptors (Lipinski definition) is 4. The maximum Gasteiger partial charge on any atom is 0.221 e. The van der Waals surface area contributed by atoms with Crippen molar-refractivity contribution in [1.82, 2.24) is 9.62 Å². The number of methoxy groups -OCH3 is 1. The van der Waals surface area contributed by atoms with Gasteiger partial charge in [0.25, 0.3) is 0 Å². The van der Waals surface area contributed by atoms with Crippen LogP contribution in [0.2, 0.25) is 0 Å². The minimum Gasteiger partial charge on any atom is -0.497 e. The number of rotatable bonds is 9. The number of nitrogens with zero attached hydrogens (tertiary/aromatic N) is 1. The lowest BCUT2D eigenvalue weighted by Gasteiger charge is -2.20. The van der Waals surface area contributed by atoms with Gasteiger partial charge < -0.3 is 10.1 Å². The molecule has 0 aliphatic carbocycles. The van der Waals surface area contributed by atoms with Gasteiger partial charge in [0.15, 0.2) is 0 Å². The van der Waals surface area contributed by atoms with Gasteiger partial charge in [-0.05, 0) is 35.4 Å². The second-order valence-electron chi connectivity index (χ2n) is 6.10. The van der Waals surface area contributed by atoms with Crippen molar-refractivity contribution in [1.29, 1.82) is 0 Å². The first-order valence-corrected chi connectivity index (χ1v) is 10.2. The highest BCUT2D eigenvalue weighted by molar-refractivity contribution is 7.88. The van der Waals surface area contributed by atoms with Crippen LogP contribution in [-0.2, 0) is 27.9 Å². The first-order valence-electron chi connectivity index (χ1n) is 8.37. The highest BCUT2D eigenvalue weighted by atomic mass is 32.2. The lowest BCUT2D eigenvalue weighted by atomic mass is 10.2. The molecule has 27 heavy (non-hydrogen) atoms. The molecule has 0 aliphatic heterocycles. The summed E-state index contributed by atoms with van der Waals surface area (Å²) in [4.78, 5) is 12.0. The van der Waals surface area contributed by atoms with Crippen LogP contribution in [0.1, 0.15) is 17.5 Å². The predicted molar refractivity (Wildman–Crippen MR) is 101 cm³/mol. The Kier molecular flexibility index (Phi) is 7.32. The monoisotopic (exact) mass is 394 g/mol. The number of ether oxygens (including phenoxy) is 1. The first-order chi connectivity index (χ1) is 12.8. The van der Waals surface area contributed by atoms with E-state index in [9.17, 15) is 17.6 Å². The molecule has 2 aromatic carbocycles. The molecule has 2 aromatic rings. The van der Waals surface area contributed by atoms with E-state index >= 15 is 0 Å². The average Bonchev–Trinajstić information content (AvgIpc) is 2.64. The zero-order valence-electron chi connectivity index (χ0n) is 15.3. The zero-order valence-corrected chi connectivity index (χ0v) is 16.1. The molecule has 0 spiro atoms. The Morgan fingerprint density at radius 3 is 2.22 bits per heavy atom. The summed E-state index contributed by atoms with van der Waals surface area (Å²) in [5.41, 5.74) is 1.57. The summed E-state index contributed by atoms with van der Waals surface area (Å²) in [5, 5.41) is 2.70. The van der Waals surface area contributed by atoms with Gasteiger partial charge >= 0.3 is 0 Å². The molecule has 6 nitrogen and oxygen atoms in total. The van der Waals surface area contributed by atoms with Gasteiger partial charge in [-0.3, -0.25) is 4.79 Å². The van der Waals surface area contributed by atoms with Crippen molar-refractivity contribution in [3.05, 3.63) is 65.5 Å². The highest BCUT2D eigenvalue weighted by Crippen LogP contribution is 2.14. The normalized spacial score (nSPS) is 11.4. The SMILES string of the molecule is COc1ccc(CN(CCC(=O)NCc2ccc(F)cc2)S(C)(=O)=O)cc1. The molecule has 0 aliphatic rings. The second-order valence-corrected chi connectivity index (χ2v) is 8.08. The minimum absolute atomic E-state index is 0.0322. The lowest BCUT2D eigenvalue weighted by molar-refractivity contribution is -0.121. The highest BCUT2D eigenvalue weighted by Gasteiger charge is 2.18. The summed E-state index contributed by atoms with van der Waals surface area (Å²) in [7, 11) is -1.91. The van der Waals surface area contributed by atoms with Gasteiger partial charge in [0.1, 0.15) is 11.6 Å². The average molecular weight is 394 g/mol. The second kappa shape index (κ2) is 9.48. The fourth-order valence-corrected chi connectivity index (χ4v) is 3.22. The van der Waals surface area contributed by atoms with Gasteiger partial charge in [0.05, 0.1) is 13.4 Å². The van der Waals surface area contributed by atoms with E-state index in [0.717, 1.165) is 17.4 Å². The third kappa shape index (κ3) is 6.99. The largest absolute Gasteiger partial charge is 0.497 e. The fraction of sp³-hybridized carbons (Fsp3) is 0.316. The Bertz CT molecular complexity index is 852. The van der Waals surface area contributed by atoms with Gasteiger partial charge in [-0.2, -0.15) is 4.31 Å². The van der Waals surface area contributed by atoms with E-state index in [1.165, 1.54) is 16.4 Å². The molecular formula is C19H23FN2O4S. The molecule has 0 bridgehead atoms. The van der Waals surface area contributed by atoms with Crippen molar-refractivity contribution in [3.63, 3.8) is 0 Å². The van der Waals surface area contributed by atoms with Gasteiger partial charge in [-0.1, -0.05) is 24.3 Å². The van der Waals surface area contributed by atoms with Crippen LogP contribution in [0.4, 0.5) is 4.39 Å². The molecule has 0 aromatic heterocycles. The molecule has 1 amide bonds. The molecule has 0 fully saturated rings. The number of sulfonamides is 1. The van der Waals surface area contributed by atoms with Crippen LogP contribution >= 0.6 is 0 Å². The number of carbonyl (C=O) groups is 1. The zero-order chi connectivity index (χ0) is 19.9. The van der Waals surface area contributed by atoms with Crippen molar-refractivity contribution >= 4 is 15.9 Å². The molecule has 146 valence electrons. The van der Waals surface area contributed by atoms with Gasteiger partial charge in [-0.25, -0.2) is 12.8 Å². The number of benzene rings is 2. The van der Waals surface area contributed by atoms with E-state index in [4.69, 9.17) is 4.74 Å². The van der Waals surface area contributed by atoms with Crippen molar-refractivity contribution < 1.29 is 22.3 Å². The van der Waals surface area contributed by atoms with Crippen LogP contribution in [0.3, 0.4) is 0 Å². The molecule has 0 radical (unpaired) electrons. The molecule has 0 saturated heterocycles. The molecule has 0 heterocycles. The summed E-state index contributed by atoms with van der Waals surface area (Å²) < 4.78 is 43.2. The van der Waals surface area contributed by atoms with Gasteiger partial charge in [-0.15, -0.1) is 0 Å². The van der Waals surface area contributed by atoms with Crippen molar-refractivity contribution in [2.45, 2.75) is 19.5 Å².